The number of aromatic amines is 3. The molecule has 182 valence electrons. The van der Waals surface area contributed by atoms with Gasteiger partial charge in [0.25, 0.3) is 0 Å². The van der Waals surface area contributed by atoms with Crippen molar-refractivity contribution in [2.24, 2.45) is 0 Å². The van der Waals surface area contributed by atoms with Gasteiger partial charge in [-0.3, -0.25) is 0 Å². The third-order valence-corrected chi connectivity index (χ3v) is 7.27. The van der Waals surface area contributed by atoms with Gasteiger partial charge in [-0.1, -0.05) is 75.1 Å². The second-order valence-electron chi connectivity index (χ2n) is 9.37. The fourth-order valence-electron chi connectivity index (χ4n) is 5.52. The molecule has 0 aliphatic heterocycles. The van der Waals surface area contributed by atoms with Crippen LogP contribution in [0.25, 0.3) is 66.7 Å². The highest BCUT2D eigenvalue weighted by molar-refractivity contribution is 6.17. The van der Waals surface area contributed by atoms with Gasteiger partial charge >= 0.3 is 0 Å². The Morgan fingerprint density at radius 3 is 1.95 bits per heavy atom. The molecular weight excluding hydrogens is 450 g/mol. The van der Waals surface area contributed by atoms with Gasteiger partial charge in [-0.15, -0.1) is 0 Å². The van der Waals surface area contributed by atoms with Gasteiger partial charge in [0.05, 0.1) is 0 Å². The quantitative estimate of drug-likeness (QED) is 0.231. The maximum atomic E-state index is 3.91. The van der Waals surface area contributed by atoms with E-state index in [1.165, 1.54) is 65.3 Å². The van der Waals surface area contributed by atoms with E-state index in [-0.39, 0.29) is 0 Å². The first-order valence-corrected chi connectivity index (χ1v) is 13.0. The molecule has 7 rings (SSSR count). The van der Waals surface area contributed by atoms with Crippen molar-refractivity contribution in [2.75, 3.05) is 0 Å². The Bertz CT molecular complexity index is 2060. The number of para-hydroxylation sites is 2. The van der Waals surface area contributed by atoms with E-state index in [0.717, 1.165) is 17.3 Å². The monoisotopic (exact) mass is 481 g/mol. The van der Waals surface area contributed by atoms with Gasteiger partial charge in [-0.2, -0.15) is 0 Å². The molecule has 0 saturated carbocycles. The Kier molecular flexibility index (Phi) is 5.69. The molecule has 0 radical (unpaired) electrons. The number of fused-ring (bicyclic) bond motifs is 7. The Balaban J connectivity index is 0.00000123. The summed E-state index contributed by atoms with van der Waals surface area (Å²) in [5.41, 5.74) is 8.49. The zero-order chi connectivity index (χ0) is 25.5. The normalized spacial score (nSPS) is 12.7. The van der Waals surface area contributed by atoms with Gasteiger partial charge in [0, 0.05) is 65.1 Å². The van der Waals surface area contributed by atoms with Crippen molar-refractivity contribution in [1.82, 2.24) is 15.0 Å². The first kappa shape index (κ1) is 22.9. The smallest absolute Gasteiger partial charge is 0.0472 e. The SMILES string of the molecule is C=C/C=c1\c(=C/Cc2cc3[nH]c4cc5c(cc4c3cc2C)[nH]c2ccccc25)[nH]c2ccccc12.CC. The molecule has 0 unspecified atom stereocenters. The van der Waals surface area contributed by atoms with Crippen LogP contribution in [0.15, 0.2) is 85.5 Å². The van der Waals surface area contributed by atoms with Gasteiger partial charge in [-0.25, -0.2) is 0 Å². The molecule has 3 nitrogen and oxygen atoms in total. The predicted molar refractivity (Wildman–Crippen MR) is 162 cm³/mol. The molecule has 0 aliphatic carbocycles. The lowest BCUT2D eigenvalue weighted by Crippen LogP contribution is -2.22. The van der Waals surface area contributed by atoms with Crippen LogP contribution in [0.2, 0.25) is 0 Å². The van der Waals surface area contributed by atoms with Crippen molar-refractivity contribution >= 4 is 66.7 Å². The average Bonchev–Trinajstić information content (AvgIpc) is 3.58. The highest BCUT2D eigenvalue weighted by Gasteiger charge is 2.11. The highest BCUT2D eigenvalue weighted by atomic mass is 14.7. The van der Waals surface area contributed by atoms with Crippen LogP contribution in [0.1, 0.15) is 25.0 Å². The molecule has 3 N–H and O–H groups in total. The minimum absolute atomic E-state index is 0.855. The Hall–Kier alpha value is -4.50. The maximum absolute atomic E-state index is 3.91. The van der Waals surface area contributed by atoms with Crippen LogP contribution in [0.5, 0.6) is 0 Å². The van der Waals surface area contributed by atoms with Gasteiger partial charge in [-0.05, 0) is 60.9 Å². The summed E-state index contributed by atoms with van der Waals surface area (Å²) in [7, 11) is 0. The Morgan fingerprint density at radius 2 is 1.22 bits per heavy atom. The fraction of sp³-hybridized carbons (Fsp3) is 0.118. The van der Waals surface area contributed by atoms with E-state index in [9.17, 15) is 0 Å². The molecule has 3 heterocycles. The number of rotatable bonds is 3. The summed E-state index contributed by atoms with van der Waals surface area (Å²) in [4.78, 5) is 10.9. The first-order valence-electron chi connectivity index (χ1n) is 13.0. The van der Waals surface area contributed by atoms with E-state index in [4.69, 9.17) is 0 Å². The van der Waals surface area contributed by atoms with Crippen molar-refractivity contribution in [3.8, 4) is 0 Å². The summed E-state index contributed by atoms with van der Waals surface area (Å²) in [5, 5.41) is 8.62. The van der Waals surface area contributed by atoms with E-state index in [2.05, 4.69) is 113 Å². The molecule has 0 saturated heterocycles. The average molecular weight is 482 g/mol. The summed E-state index contributed by atoms with van der Waals surface area (Å²) in [5.74, 6) is 0. The number of benzene rings is 4. The summed E-state index contributed by atoms with van der Waals surface area (Å²) in [6, 6.07) is 26.1. The van der Waals surface area contributed by atoms with Crippen LogP contribution < -0.4 is 10.6 Å². The summed E-state index contributed by atoms with van der Waals surface area (Å²) >= 11 is 0. The van der Waals surface area contributed by atoms with Gasteiger partial charge in [0.2, 0.25) is 0 Å². The van der Waals surface area contributed by atoms with Crippen molar-refractivity contribution in [3.63, 3.8) is 0 Å². The van der Waals surface area contributed by atoms with Gasteiger partial charge in [0.1, 0.15) is 0 Å². The van der Waals surface area contributed by atoms with Crippen LogP contribution in [-0.4, -0.2) is 15.0 Å². The van der Waals surface area contributed by atoms with E-state index in [1.54, 1.807) is 0 Å². The van der Waals surface area contributed by atoms with Crippen molar-refractivity contribution < 1.29 is 0 Å². The Morgan fingerprint density at radius 1 is 0.649 bits per heavy atom. The van der Waals surface area contributed by atoms with Gasteiger partial charge < -0.3 is 15.0 Å². The molecule has 0 fully saturated rings. The lowest BCUT2D eigenvalue weighted by Gasteiger charge is -2.03. The van der Waals surface area contributed by atoms with Crippen LogP contribution in [-0.2, 0) is 6.42 Å². The molecule has 4 aromatic carbocycles. The van der Waals surface area contributed by atoms with Crippen molar-refractivity contribution in [2.45, 2.75) is 27.2 Å². The second kappa shape index (κ2) is 9.18. The van der Waals surface area contributed by atoms with Gasteiger partial charge in [0.15, 0.2) is 0 Å². The van der Waals surface area contributed by atoms with Crippen LogP contribution in [0, 0.1) is 6.92 Å². The van der Waals surface area contributed by atoms with Crippen molar-refractivity contribution in [1.29, 1.82) is 0 Å². The topological polar surface area (TPSA) is 47.4 Å². The third kappa shape index (κ3) is 3.75. The molecule has 3 aromatic heterocycles. The molecular formula is C34H31N3. The minimum Gasteiger partial charge on any atom is -0.355 e. The van der Waals surface area contributed by atoms with E-state index < -0.39 is 0 Å². The van der Waals surface area contributed by atoms with E-state index >= 15 is 0 Å². The van der Waals surface area contributed by atoms with E-state index in [1.807, 2.05) is 19.9 Å². The maximum Gasteiger partial charge on any atom is 0.0472 e. The summed E-state index contributed by atoms with van der Waals surface area (Å²) in [6.07, 6.45) is 7.10. The molecule has 0 atom stereocenters. The zero-order valence-corrected chi connectivity index (χ0v) is 21.6. The third-order valence-electron chi connectivity index (χ3n) is 7.27. The number of nitrogens with one attached hydrogen (secondary N) is 3. The second-order valence-corrected chi connectivity index (χ2v) is 9.37. The standard InChI is InChI=1S/C32H25N3.C2H6/c1-3-8-21-22-9-4-6-11-27(22)33-29(21)14-13-20-16-30-24(15-19(20)2)26-18-31-25(17-32(26)35-30)23-10-5-7-12-28(23)34-31;1-2/h3-12,14-18,33-35H,1,13H2,2H3;1-2H3/b21-8-,29-14+;. The lowest BCUT2D eigenvalue weighted by atomic mass is 10.0. The number of hydrogen-bond acceptors (Lipinski definition) is 0. The highest BCUT2D eigenvalue weighted by Crippen LogP contribution is 2.34. The van der Waals surface area contributed by atoms with Crippen LogP contribution in [0.3, 0.4) is 0 Å². The number of allylic oxidation sites excluding steroid dienone is 1. The fourth-order valence-corrected chi connectivity index (χ4v) is 5.52. The molecule has 7 aromatic rings. The predicted octanol–water partition coefficient (Wildman–Crippen LogP) is 7.76. The number of aromatic nitrogens is 3. The van der Waals surface area contributed by atoms with Crippen LogP contribution in [0.4, 0.5) is 0 Å². The summed E-state index contributed by atoms with van der Waals surface area (Å²) < 4.78 is 0. The largest absolute Gasteiger partial charge is 0.355 e. The Labute approximate surface area is 215 Å². The number of H-pyrrole nitrogens is 3. The lowest BCUT2D eigenvalue weighted by molar-refractivity contribution is 1.24. The summed E-state index contributed by atoms with van der Waals surface area (Å²) in [6.45, 7) is 10.1. The molecule has 0 aliphatic rings. The molecule has 0 spiro atoms. The molecule has 0 bridgehead atoms. The molecule has 0 amide bonds. The van der Waals surface area contributed by atoms with Crippen LogP contribution >= 0.6 is 0 Å². The number of aryl methyl sites for hydroxylation is 1. The molecule has 37 heavy (non-hydrogen) atoms. The van der Waals surface area contributed by atoms with E-state index in [0.29, 0.717) is 0 Å². The zero-order valence-electron chi connectivity index (χ0n) is 21.6. The first-order chi connectivity index (χ1) is 18.2. The van der Waals surface area contributed by atoms with Crippen molar-refractivity contribution in [3.05, 3.63) is 107 Å². The molecule has 3 heteroatoms. The number of hydrogen-bond donors (Lipinski definition) is 3. The minimum atomic E-state index is 0.855.